The highest BCUT2D eigenvalue weighted by Crippen LogP contribution is 2.16. The van der Waals surface area contributed by atoms with Crippen LogP contribution in [0.2, 0.25) is 0 Å². The third-order valence-electron chi connectivity index (χ3n) is 4.16. The molecule has 0 spiro atoms. The average Bonchev–Trinajstić information content (AvgIpc) is 3.23. The van der Waals surface area contributed by atoms with Crippen molar-refractivity contribution in [2.24, 2.45) is 5.92 Å². The molecule has 0 saturated heterocycles. The minimum Gasteiger partial charge on any atom is -0.454 e. The van der Waals surface area contributed by atoms with Gasteiger partial charge in [-0.1, -0.05) is 32.0 Å². The van der Waals surface area contributed by atoms with E-state index in [1.54, 1.807) is 25.2 Å². The normalized spacial score (nSPS) is 12.2. The smallest absolute Gasteiger partial charge is 0.324 e. The lowest BCUT2D eigenvalue weighted by molar-refractivity contribution is -0.150. The van der Waals surface area contributed by atoms with Crippen LogP contribution in [0.15, 0.2) is 46.7 Å². The summed E-state index contributed by atoms with van der Waals surface area (Å²) in [7, 11) is -4.36. The zero-order valence-electron chi connectivity index (χ0n) is 17.5. The van der Waals surface area contributed by atoms with Gasteiger partial charge in [0.05, 0.1) is 0 Å². The molecule has 2 aromatic rings. The van der Waals surface area contributed by atoms with Crippen LogP contribution in [0.1, 0.15) is 18.7 Å². The maximum Gasteiger partial charge on any atom is 0.324 e. The molecule has 0 bridgehead atoms. The third-order valence-corrected chi connectivity index (χ3v) is 6.57. The lowest BCUT2D eigenvalue weighted by Gasteiger charge is -2.20. The topological polar surface area (TPSA) is 131 Å². The molecule has 1 atom stereocenters. The van der Waals surface area contributed by atoms with Gasteiger partial charge in [-0.15, -0.1) is 11.3 Å². The summed E-state index contributed by atoms with van der Waals surface area (Å²) in [6.07, 6.45) is 0.604. The van der Waals surface area contributed by atoms with Crippen LogP contribution in [0.5, 0.6) is 0 Å². The number of thiophene rings is 1. The molecule has 0 aliphatic heterocycles. The van der Waals surface area contributed by atoms with Crippen LogP contribution < -0.4 is 15.4 Å². The first-order valence-electron chi connectivity index (χ1n) is 9.63. The number of hydrogen-bond acceptors (Lipinski definition) is 7. The summed E-state index contributed by atoms with van der Waals surface area (Å²) >= 11 is 1.54. The minimum absolute atomic E-state index is 0.312. The first-order chi connectivity index (χ1) is 15.1. The quantitative estimate of drug-likeness (QED) is 0.440. The van der Waals surface area contributed by atoms with Crippen molar-refractivity contribution in [3.8, 4) is 0 Å². The first kappa shape index (κ1) is 25.4. The molecule has 12 heteroatoms. The van der Waals surface area contributed by atoms with Gasteiger partial charge in [0.1, 0.15) is 16.8 Å². The second-order valence-corrected chi connectivity index (χ2v) is 9.73. The zero-order valence-corrected chi connectivity index (χ0v) is 19.1. The molecule has 1 aromatic heterocycles. The fraction of sp³-hybridized carbons (Fsp3) is 0.350. The number of carbonyl (C=O) groups is 3. The molecule has 1 heterocycles. The van der Waals surface area contributed by atoms with Gasteiger partial charge in [-0.05, 0) is 35.9 Å². The number of nitrogens with one attached hydrogen (secondary N) is 3. The molecule has 0 aliphatic carbocycles. The van der Waals surface area contributed by atoms with E-state index in [2.05, 4.69) is 10.0 Å². The van der Waals surface area contributed by atoms with Crippen LogP contribution >= 0.6 is 11.3 Å². The van der Waals surface area contributed by atoms with Crippen molar-refractivity contribution in [3.63, 3.8) is 0 Å². The molecule has 0 aliphatic rings. The number of hydrogen-bond donors (Lipinski definition) is 3. The molecule has 0 unspecified atom stereocenters. The summed E-state index contributed by atoms with van der Waals surface area (Å²) in [5.74, 6) is -3.45. The van der Waals surface area contributed by atoms with E-state index in [1.807, 2.05) is 22.8 Å². The Morgan fingerprint density at radius 1 is 1.12 bits per heavy atom. The van der Waals surface area contributed by atoms with Crippen LogP contribution in [-0.4, -0.2) is 45.5 Å². The zero-order chi connectivity index (χ0) is 23.7. The van der Waals surface area contributed by atoms with E-state index in [9.17, 15) is 27.2 Å². The summed E-state index contributed by atoms with van der Waals surface area (Å²) < 4.78 is 45.7. The number of amides is 3. The number of benzene rings is 1. The molecule has 3 amide bonds. The highest BCUT2D eigenvalue weighted by molar-refractivity contribution is 7.89. The molecule has 3 N–H and O–H groups in total. The van der Waals surface area contributed by atoms with Crippen molar-refractivity contribution >= 4 is 39.3 Å². The van der Waals surface area contributed by atoms with Gasteiger partial charge in [-0.25, -0.2) is 17.6 Å². The molecule has 1 aromatic carbocycles. The molecular weight excluding hydrogens is 461 g/mol. The summed E-state index contributed by atoms with van der Waals surface area (Å²) in [5.41, 5.74) is 0. The van der Waals surface area contributed by atoms with E-state index < -0.39 is 57.2 Å². The van der Waals surface area contributed by atoms with Crippen molar-refractivity contribution in [3.05, 3.63) is 52.5 Å². The fourth-order valence-corrected chi connectivity index (χ4v) is 4.66. The molecule has 2 rings (SSSR count). The van der Waals surface area contributed by atoms with Crippen molar-refractivity contribution in [1.29, 1.82) is 0 Å². The average molecular weight is 486 g/mol. The number of ether oxygens (including phenoxy) is 1. The van der Waals surface area contributed by atoms with E-state index in [4.69, 9.17) is 4.74 Å². The van der Waals surface area contributed by atoms with Gasteiger partial charge in [0.2, 0.25) is 10.0 Å². The number of rotatable bonds is 10. The molecule has 9 nitrogen and oxygen atoms in total. The maximum atomic E-state index is 13.9. The first-order valence-corrected chi connectivity index (χ1v) is 12.0. The maximum absolute atomic E-state index is 13.9. The highest BCUT2D eigenvalue weighted by Gasteiger charge is 2.31. The summed E-state index contributed by atoms with van der Waals surface area (Å²) in [6, 6.07) is 6.41. The van der Waals surface area contributed by atoms with Crippen LogP contribution in [0.3, 0.4) is 0 Å². The second kappa shape index (κ2) is 11.7. The number of sulfonamides is 1. The standard InChI is InChI=1S/C20H24FN3O6S2/c1-13(2)18(24-32(28,29)16-8-4-3-7-15(16)21)19(26)30-12-17(25)23-20(27)22-10-9-14-6-5-11-31-14/h3-8,11,13,18,24H,9-10,12H2,1-2H3,(H2,22,23,25,27)/t18-/m0/s1. The summed E-state index contributed by atoms with van der Waals surface area (Å²) in [4.78, 5) is 36.4. The molecule has 32 heavy (non-hydrogen) atoms. The molecule has 0 radical (unpaired) electrons. The Hall–Kier alpha value is -2.83. The van der Waals surface area contributed by atoms with E-state index in [1.165, 1.54) is 12.1 Å². The Labute approximate surface area is 189 Å². The predicted octanol–water partition coefficient (Wildman–Crippen LogP) is 1.80. The monoisotopic (exact) mass is 485 g/mol. The Morgan fingerprint density at radius 3 is 2.47 bits per heavy atom. The molecule has 0 fully saturated rings. The van der Waals surface area contributed by atoms with Crippen molar-refractivity contribution in [2.45, 2.75) is 31.2 Å². The Balaban J connectivity index is 1.85. The molecular formula is C20H24FN3O6S2. The second-order valence-electron chi connectivity index (χ2n) is 7.01. The number of urea groups is 1. The van der Waals surface area contributed by atoms with Gasteiger partial charge in [0, 0.05) is 11.4 Å². The van der Waals surface area contributed by atoms with Crippen LogP contribution in [0.4, 0.5) is 9.18 Å². The third kappa shape index (κ3) is 7.70. The van der Waals surface area contributed by atoms with Crippen LogP contribution in [-0.2, 0) is 30.8 Å². The number of halogens is 1. The van der Waals surface area contributed by atoms with Gasteiger partial charge in [0.25, 0.3) is 5.91 Å². The van der Waals surface area contributed by atoms with Gasteiger partial charge >= 0.3 is 12.0 Å². The van der Waals surface area contributed by atoms with Gasteiger partial charge in [-0.3, -0.25) is 14.9 Å². The van der Waals surface area contributed by atoms with Gasteiger partial charge in [0.15, 0.2) is 6.61 Å². The summed E-state index contributed by atoms with van der Waals surface area (Å²) in [5, 5.41) is 6.43. The number of imide groups is 1. The van der Waals surface area contributed by atoms with E-state index >= 15 is 0 Å². The van der Waals surface area contributed by atoms with Crippen molar-refractivity contribution in [1.82, 2.24) is 15.4 Å². The minimum atomic E-state index is -4.36. The lowest BCUT2D eigenvalue weighted by atomic mass is 10.1. The highest BCUT2D eigenvalue weighted by atomic mass is 32.2. The van der Waals surface area contributed by atoms with E-state index in [0.717, 1.165) is 17.0 Å². The van der Waals surface area contributed by atoms with Crippen LogP contribution in [0.25, 0.3) is 0 Å². The fourth-order valence-electron chi connectivity index (χ4n) is 2.54. The number of esters is 1. The Morgan fingerprint density at radius 2 is 1.84 bits per heavy atom. The lowest BCUT2D eigenvalue weighted by Crippen LogP contribution is -2.47. The van der Waals surface area contributed by atoms with E-state index in [0.29, 0.717) is 13.0 Å². The molecule has 0 saturated carbocycles. The van der Waals surface area contributed by atoms with Gasteiger partial charge < -0.3 is 10.1 Å². The predicted molar refractivity (Wildman–Crippen MR) is 116 cm³/mol. The van der Waals surface area contributed by atoms with E-state index in [-0.39, 0.29) is 0 Å². The van der Waals surface area contributed by atoms with Crippen LogP contribution in [0, 0.1) is 11.7 Å². The van der Waals surface area contributed by atoms with Crippen molar-refractivity contribution in [2.75, 3.05) is 13.2 Å². The van der Waals surface area contributed by atoms with Gasteiger partial charge in [-0.2, -0.15) is 4.72 Å². The molecule has 174 valence electrons. The number of carbonyl (C=O) groups excluding carboxylic acids is 3. The largest absolute Gasteiger partial charge is 0.454 e. The SMILES string of the molecule is CC(C)[C@H](NS(=O)(=O)c1ccccc1F)C(=O)OCC(=O)NC(=O)NCCc1cccs1. The summed E-state index contributed by atoms with van der Waals surface area (Å²) in [6.45, 7) is 2.63. The Kier molecular flexibility index (Phi) is 9.29. The Bertz CT molecular complexity index is 1040. The van der Waals surface area contributed by atoms with Crippen molar-refractivity contribution < 1.29 is 31.9 Å².